The molecule has 1 aromatic rings. The smallest absolute Gasteiger partial charge is 0.169 e. The van der Waals surface area contributed by atoms with Gasteiger partial charge in [-0.1, -0.05) is 18.6 Å². The lowest BCUT2D eigenvalue weighted by atomic mass is 9.95. The molecule has 2 bridgehead atoms. The summed E-state index contributed by atoms with van der Waals surface area (Å²) in [7, 11) is 2.07. The van der Waals surface area contributed by atoms with Crippen molar-refractivity contribution in [3.63, 3.8) is 0 Å². The second-order valence-corrected chi connectivity index (χ2v) is 7.05. The minimum atomic E-state index is 0.606. The SMILES string of the molecule is CCOc1ccc(CN(C)C(=S)N[C@@H]2C[C@H]3CC[C@H]2C3)cc1. The Bertz CT molecular complexity index is 516. The van der Waals surface area contributed by atoms with Crippen LogP contribution in [-0.2, 0) is 6.54 Å². The normalized spacial score (nSPS) is 26.0. The second kappa shape index (κ2) is 6.86. The van der Waals surface area contributed by atoms with Gasteiger partial charge in [0, 0.05) is 19.6 Å². The van der Waals surface area contributed by atoms with Gasteiger partial charge in [0.15, 0.2) is 5.11 Å². The predicted molar refractivity (Wildman–Crippen MR) is 94.0 cm³/mol. The first-order chi connectivity index (χ1) is 10.7. The molecule has 2 aliphatic rings. The van der Waals surface area contributed by atoms with E-state index >= 15 is 0 Å². The molecular formula is C18H26N2OS. The molecule has 1 N–H and O–H groups in total. The number of hydrogen-bond acceptors (Lipinski definition) is 2. The van der Waals surface area contributed by atoms with E-state index in [0.717, 1.165) is 29.2 Å². The van der Waals surface area contributed by atoms with Crippen LogP contribution in [0.25, 0.3) is 0 Å². The third-order valence-corrected chi connectivity index (χ3v) is 5.48. The molecular weight excluding hydrogens is 292 g/mol. The number of ether oxygens (including phenoxy) is 1. The Labute approximate surface area is 139 Å². The lowest BCUT2D eigenvalue weighted by Crippen LogP contribution is -2.44. The van der Waals surface area contributed by atoms with Crippen LogP contribution in [0.3, 0.4) is 0 Å². The van der Waals surface area contributed by atoms with E-state index in [0.29, 0.717) is 12.6 Å². The third kappa shape index (κ3) is 3.54. The molecule has 0 saturated heterocycles. The summed E-state index contributed by atoms with van der Waals surface area (Å²) < 4.78 is 5.48. The highest BCUT2D eigenvalue weighted by Crippen LogP contribution is 2.44. The fraction of sp³-hybridized carbons (Fsp3) is 0.611. The van der Waals surface area contributed by atoms with Gasteiger partial charge in [-0.2, -0.15) is 0 Å². The molecule has 4 heteroatoms. The molecule has 3 rings (SSSR count). The molecule has 0 heterocycles. The summed E-state index contributed by atoms with van der Waals surface area (Å²) in [6.45, 7) is 3.54. The van der Waals surface area contributed by atoms with Crippen molar-refractivity contribution in [1.82, 2.24) is 10.2 Å². The zero-order valence-corrected chi connectivity index (χ0v) is 14.4. The van der Waals surface area contributed by atoms with E-state index in [1.165, 1.54) is 31.2 Å². The molecule has 0 amide bonds. The van der Waals surface area contributed by atoms with Gasteiger partial charge in [-0.25, -0.2) is 0 Å². The van der Waals surface area contributed by atoms with E-state index in [1.54, 1.807) is 0 Å². The number of nitrogens with one attached hydrogen (secondary N) is 1. The van der Waals surface area contributed by atoms with Crippen LogP contribution in [-0.4, -0.2) is 29.7 Å². The van der Waals surface area contributed by atoms with Crippen molar-refractivity contribution < 1.29 is 4.74 Å². The van der Waals surface area contributed by atoms with Gasteiger partial charge < -0.3 is 15.0 Å². The molecule has 120 valence electrons. The van der Waals surface area contributed by atoms with Crippen molar-refractivity contribution in [3.05, 3.63) is 29.8 Å². The quantitative estimate of drug-likeness (QED) is 0.839. The van der Waals surface area contributed by atoms with E-state index in [-0.39, 0.29) is 0 Å². The number of hydrogen-bond donors (Lipinski definition) is 1. The van der Waals surface area contributed by atoms with Crippen LogP contribution in [0.2, 0.25) is 0 Å². The second-order valence-electron chi connectivity index (χ2n) is 6.66. The average molecular weight is 318 g/mol. The van der Waals surface area contributed by atoms with Crippen LogP contribution in [0.4, 0.5) is 0 Å². The monoisotopic (exact) mass is 318 g/mol. The van der Waals surface area contributed by atoms with Crippen LogP contribution < -0.4 is 10.1 Å². The number of rotatable bonds is 5. The van der Waals surface area contributed by atoms with E-state index in [4.69, 9.17) is 17.0 Å². The molecule has 0 aromatic heterocycles. The Hall–Kier alpha value is -1.29. The van der Waals surface area contributed by atoms with Crippen LogP contribution in [0.5, 0.6) is 5.75 Å². The van der Waals surface area contributed by atoms with E-state index in [1.807, 2.05) is 19.1 Å². The number of nitrogens with zero attached hydrogens (tertiary/aromatic N) is 1. The topological polar surface area (TPSA) is 24.5 Å². The molecule has 0 unspecified atom stereocenters. The van der Waals surface area contributed by atoms with Crippen LogP contribution in [0.15, 0.2) is 24.3 Å². The molecule has 3 atom stereocenters. The van der Waals surface area contributed by atoms with Crippen molar-refractivity contribution in [2.45, 2.75) is 45.2 Å². The lowest BCUT2D eigenvalue weighted by molar-refractivity contribution is 0.340. The van der Waals surface area contributed by atoms with Crippen molar-refractivity contribution in [2.24, 2.45) is 11.8 Å². The molecule has 22 heavy (non-hydrogen) atoms. The van der Waals surface area contributed by atoms with Gasteiger partial charge in [-0.15, -0.1) is 0 Å². The van der Waals surface area contributed by atoms with Gasteiger partial charge in [0.05, 0.1) is 6.61 Å². The highest BCUT2D eigenvalue weighted by atomic mass is 32.1. The van der Waals surface area contributed by atoms with Crippen molar-refractivity contribution in [2.75, 3.05) is 13.7 Å². The predicted octanol–water partition coefficient (Wildman–Crippen LogP) is 3.58. The Kier molecular flexibility index (Phi) is 4.87. The fourth-order valence-electron chi connectivity index (χ4n) is 3.89. The van der Waals surface area contributed by atoms with E-state index in [9.17, 15) is 0 Å². The zero-order chi connectivity index (χ0) is 15.5. The zero-order valence-electron chi connectivity index (χ0n) is 13.5. The van der Waals surface area contributed by atoms with Crippen molar-refractivity contribution in [3.8, 4) is 5.75 Å². The minimum Gasteiger partial charge on any atom is -0.494 e. The molecule has 3 nitrogen and oxygen atoms in total. The number of thiocarbonyl (C=S) groups is 1. The largest absolute Gasteiger partial charge is 0.494 e. The molecule has 0 spiro atoms. The molecule has 0 radical (unpaired) electrons. The molecule has 2 saturated carbocycles. The van der Waals surface area contributed by atoms with E-state index in [2.05, 4.69) is 29.4 Å². The van der Waals surface area contributed by atoms with Gasteiger partial charge >= 0.3 is 0 Å². The molecule has 2 fully saturated rings. The summed E-state index contributed by atoms with van der Waals surface area (Å²) in [5.41, 5.74) is 1.25. The Morgan fingerprint density at radius 3 is 2.64 bits per heavy atom. The fourth-order valence-corrected chi connectivity index (χ4v) is 4.11. The number of fused-ring (bicyclic) bond motifs is 2. The maximum atomic E-state index is 5.59. The third-order valence-electron chi connectivity index (χ3n) is 5.05. The lowest BCUT2D eigenvalue weighted by Gasteiger charge is -2.28. The Morgan fingerprint density at radius 1 is 1.27 bits per heavy atom. The first kappa shape index (κ1) is 15.6. The summed E-state index contributed by atoms with van der Waals surface area (Å²) >= 11 is 5.59. The minimum absolute atomic E-state index is 0.606. The van der Waals surface area contributed by atoms with E-state index < -0.39 is 0 Å². The average Bonchev–Trinajstić information content (AvgIpc) is 3.12. The van der Waals surface area contributed by atoms with Gasteiger partial charge in [0.2, 0.25) is 0 Å². The summed E-state index contributed by atoms with van der Waals surface area (Å²) in [6, 6.07) is 8.88. The Morgan fingerprint density at radius 2 is 2.05 bits per heavy atom. The van der Waals surface area contributed by atoms with Gasteiger partial charge in [0.1, 0.15) is 5.75 Å². The van der Waals surface area contributed by atoms with Crippen LogP contribution in [0.1, 0.15) is 38.2 Å². The molecule has 0 aliphatic heterocycles. The molecule has 1 aromatic carbocycles. The van der Waals surface area contributed by atoms with Crippen LogP contribution >= 0.6 is 12.2 Å². The van der Waals surface area contributed by atoms with Crippen molar-refractivity contribution in [1.29, 1.82) is 0 Å². The Balaban J connectivity index is 1.50. The number of benzene rings is 1. The van der Waals surface area contributed by atoms with Crippen molar-refractivity contribution >= 4 is 17.3 Å². The maximum Gasteiger partial charge on any atom is 0.169 e. The standard InChI is InChI=1S/C18H26N2OS/c1-3-21-16-8-5-13(6-9-16)12-20(2)18(22)19-17-11-14-4-7-15(17)10-14/h5-6,8-9,14-15,17H,3-4,7,10-12H2,1-2H3,(H,19,22)/t14-,15-,17+/m0/s1. The summed E-state index contributed by atoms with van der Waals surface area (Å²) in [5, 5.41) is 4.48. The van der Waals surface area contributed by atoms with Gasteiger partial charge in [-0.05, 0) is 67.9 Å². The first-order valence-corrected chi connectivity index (χ1v) is 8.80. The highest BCUT2D eigenvalue weighted by molar-refractivity contribution is 7.80. The van der Waals surface area contributed by atoms with Gasteiger partial charge in [0.25, 0.3) is 0 Å². The summed E-state index contributed by atoms with van der Waals surface area (Å²) in [6.07, 6.45) is 5.52. The molecule has 2 aliphatic carbocycles. The highest BCUT2D eigenvalue weighted by Gasteiger charge is 2.39. The van der Waals surface area contributed by atoms with Crippen LogP contribution in [0, 0.1) is 11.8 Å². The summed E-state index contributed by atoms with van der Waals surface area (Å²) in [5.74, 6) is 2.72. The maximum absolute atomic E-state index is 5.59. The first-order valence-electron chi connectivity index (χ1n) is 8.39. The van der Waals surface area contributed by atoms with Gasteiger partial charge in [-0.3, -0.25) is 0 Å². The summed E-state index contributed by atoms with van der Waals surface area (Å²) in [4.78, 5) is 2.14.